The molecule has 0 aromatic carbocycles. The lowest BCUT2D eigenvalue weighted by Crippen LogP contribution is -2.30. The van der Waals surface area contributed by atoms with E-state index in [0.29, 0.717) is 25.7 Å². The van der Waals surface area contributed by atoms with Gasteiger partial charge in [0.2, 0.25) is 0 Å². The monoisotopic (exact) mass is 1520 g/mol. The van der Waals surface area contributed by atoms with Crippen LogP contribution in [-0.4, -0.2) is 96.7 Å². The molecule has 0 aliphatic carbocycles. The van der Waals surface area contributed by atoms with Crippen LogP contribution >= 0.6 is 15.6 Å². The third-order valence-electron chi connectivity index (χ3n) is 19.6. The first-order valence-electron chi connectivity index (χ1n) is 43.2. The van der Waals surface area contributed by atoms with E-state index in [1.807, 2.05) is 0 Å². The van der Waals surface area contributed by atoms with Gasteiger partial charge < -0.3 is 33.8 Å². The van der Waals surface area contributed by atoms with Crippen molar-refractivity contribution in [2.75, 3.05) is 39.6 Å². The van der Waals surface area contributed by atoms with E-state index >= 15 is 0 Å². The van der Waals surface area contributed by atoms with E-state index in [1.165, 1.54) is 205 Å². The van der Waals surface area contributed by atoms with E-state index in [9.17, 15) is 43.2 Å². The van der Waals surface area contributed by atoms with Gasteiger partial charge in [0.1, 0.15) is 19.3 Å². The van der Waals surface area contributed by atoms with Crippen LogP contribution < -0.4 is 0 Å². The maximum Gasteiger partial charge on any atom is 0.472 e. The first-order chi connectivity index (χ1) is 50.3. The van der Waals surface area contributed by atoms with Crippen LogP contribution in [0.1, 0.15) is 421 Å². The average molecular weight is 1520 g/mol. The number of allylic oxidation sites excluding steroid dienone is 4. The molecule has 614 valence electrons. The number of unbranched alkanes of at least 4 members (excludes halogenated alkanes) is 45. The van der Waals surface area contributed by atoms with E-state index in [0.717, 1.165) is 133 Å². The SMILES string of the molecule is CCCCCC/C=C\C=C/CCCCCCCC(=O)OC[C@H](COP(=O)(O)OC[C@@H](O)COP(=O)(O)OC[C@@H](COC(=O)CCCCCCCCC(C)CC)OC(=O)CCCCCCCCCCCCCCCCCC(C)C)OC(=O)CCCCCCCCCCCCCCCCCCCCC(C)C. The molecule has 3 unspecified atom stereocenters. The Hall–Kier alpha value is -2.46. The molecule has 104 heavy (non-hydrogen) atoms. The molecule has 0 aromatic heterocycles. The number of carbonyl (C=O) groups excluding carboxylic acids is 4. The Bertz CT molecular complexity index is 2110. The van der Waals surface area contributed by atoms with E-state index < -0.39 is 97.5 Å². The standard InChI is InChI=1S/C85H162O17P2/c1-8-10-11-12-13-14-15-16-22-29-34-39-44-52-59-66-82(87)95-72-80(101-84(89)68-61-54-45-40-35-30-25-20-18-17-19-23-27-32-37-42-49-56-63-76(3)4)74-99-103(91,92)97-70-79(86)71-98-104(93,94)100-75-81(73-96-83(88)67-60-53-48-47-51-58-65-78(7)9-2)102-85(90)69-62-55-46-41-36-31-26-21-24-28-33-38-43-50-57-64-77(5)6/h14-16,22,76-81,86H,8-13,17-21,23-75H2,1-7H3,(H,91,92)(H,93,94)/b15-14-,22-16-/t78?,79-,80-,81-/m1/s1. The molecule has 0 spiro atoms. The second kappa shape index (κ2) is 74.6. The molecule has 3 N–H and O–H groups in total. The highest BCUT2D eigenvalue weighted by Crippen LogP contribution is 2.45. The molecule has 0 rings (SSSR count). The van der Waals surface area contributed by atoms with E-state index in [4.69, 9.17) is 37.0 Å². The summed E-state index contributed by atoms with van der Waals surface area (Å²) in [7, 11) is -9.94. The Labute approximate surface area is 637 Å². The Morgan fingerprint density at radius 2 is 0.567 bits per heavy atom. The normalized spacial score (nSPS) is 14.3. The summed E-state index contributed by atoms with van der Waals surface area (Å²) in [5.74, 6) is 0.211. The summed E-state index contributed by atoms with van der Waals surface area (Å²) in [5.41, 5.74) is 0. The molecule has 0 aliphatic rings. The molecule has 0 heterocycles. The van der Waals surface area contributed by atoms with Crippen LogP contribution in [0.25, 0.3) is 0 Å². The fourth-order valence-corrected chi connectivity index (χ4v) is 14.2. The summed E-state index contributed by atoms with van der Waals surface area (Å²) in [4.78, 5) is 73.1. The molecule has 0 radical (unpaired) electrons. The fraction of sp³-hybridized carbons (Fsp3) is 0.906. The van der Waals surface area contributed by atoms with Gasteiger partial charge in [0.05, 0.1) is 26.4 Å². The lowest BCUT2D eigenvalue weighted by Gasteiger charge is -2.21. The van der Waals surface area contributed by atoms with Gasteiger partial charge >= 0.3 is 39.5 Å². The minimum atomic E-state index is -4.97. The predicted molar refractivity (Wildman–Crippen MR) is 427 cm³/mol. The lowest BCUT2D eigenvalue weighted by atomic mass is 10.00. The minimum absolute atomic E-state index is 0.101. The first-order valence-corrected chi connectivity index (χ1v) is 46.2. The van der Waals surface area contributed by atoms with Crippen LogP contribution in [0.2, 0.25) is 0 Å². The van der Waals surface area contributed by atoms with Crippen molar-refractivity contribution in [2.24, 2.45) is 17.8 Å². The highest BCUT2D eigenvalue weighted by Gasteiger charge is 2.30. The topological polar surface area (TPSA) is 237 Å². The van der Waals surface area contributed by atoms with Gasteiger partial charge in [0.25, 0.3) is 0 Å². The van der Waals surface area contributed by atoms with Crippen LogP contribution in [0.4, 0.5) is 0 Å². The van der Waals surface area contributed by atoms with Crippen LogP contribution in [0.3, 0.4) is 0 Å². The van der Waals surface area contributed by atoms with Crippen LogP contribution in [0.15, 0.2) is 24.3 Å². The first kappa shape index (κ1) is 102. The van der Waals surface area contributed by atoms with Crippen molar-refractivity contribution >= 4 is 39.5 Å². The van der Waals surface area contributed by atoms with Gasteiger partial charge in [0.15, 0.2) is 12.2 Å². The lowest BCUT2D eigenvalue weighted by molar-refractivity contribution is -0.161. The average Bonchev–Trinajstić information content (AvgIpc) is 0.903. The molecule has 0 saturated carbocycles. The quantitative estimate of drug-likeness (QED) is 0.0169. The van der Waals surface area contributed by atoms with Gasteiger partial charge in [-0.25, -0.2) is 9.13 Å². The molecule has 0 aliphatic heterocycles. The van der Waals surface area contributed by atoms with Gasteiger partial charge in [-0.15, -0.1) is 0 Å². The van der Waals surface area contributed by atoms with Crippen molar-refractivity contribution in [2.45, 2.75) is 439 Å². The van der Waals surface area contributed by atoms with Crippen molar-refractivity contribution in [3.05, 3.63) is 24.3 Å². The molecule has 0 saturated heterocycles. The summed E-state index contributed by atoms with van der Waals surface area (Å²) >= 11 is 0. The number of hydrogen-bond donors (Lipinski definition) is 3. The second-order valence-corrected chi connectivity index (χ2v) is 34.0. The summed E-state index contributed by atoms with van der Waals surface area (Å²) < 4.78 is 68.8. The van der Waals surface area contributed by atoms with Crippen molar-refractivity contribution in [1.29, 1.82) is 0 Å². The molecule has 0 aromatic rings. The summed E-state index contributed by atoms with van der Waals surface area (Å²) in [6.45, 7) is 11.9. The molecule has 17 nitrogen and oxygen atoms in total. The molecule has 0 bridgehead atoms. The molecule has 6 atom stereocenters. The Balaban J connectivity index is 5.25. The second-order valence-electron chi connectivity index (χ2n) is 31.1. The maximum atomic E-state index is 13.1. The minimum Gasteiger partial charge on any atom is -0.462 e. The molecule has 19 heteroatoms. The third-order valence-corrected chi connectivity index (χ3v) is 21.5. The number of hydrogen-bond acceptors (Lipinski definition) is 15. The summed E-state index contributed by atoms with van der Waals surface area (Å²) in [6.07, 6.45) is 67.5. The van der Waals surface area contributed by atoms with Crippen molar-refractivity contribution in [3.8, 4) is 0 Å². The number of rotatable bonds is 81. The zero-order valence-electron chi connectivity index (χ0n) is 68.0. The number of carbonyl (C=O) groups is 4. The Morgan fingerprint density at radius 1 is 0.317 bits per heavy atom. The zero-order chi connectivity index (χ0) is 76.5. The van der Waals surface area contributed by atoms with Gasteiger partial charge in [-0.05, 0) is 69.1 Å². The number of aliphatic hydroxyl groups excluding tert-OH is 1. The van der Waals surface area contributed by atoms with E-state index in [-0.39, 0.29) is 25.7 Å². The van der Waals surface area contributed by atoms with Crippen LogP contribution in [0, 0.1) is 17.8 Å². The van der Waals surface area contributed by atoms with Crippen LogP contribution in [-0.2, 0) is 65.4 Å². The van der Waals surface area contributed by atoms with Gasteiger partial charge in [-0.3, -0.25) is 37.3 Å². The zero-order valence-corrected chi connectivity index (χ0v) is 69.8. The van der Waals surface area contributed by atoms with Gasteiger partial charge in [0, 0.05) is 25.7 Å². The summed E-state index contributed by atoms with van der Waals surface area (Å²) in [6, 6.07) is 0. The fourth-order valence-electron chi connectivity index (χ4n) is 12.6. The van der Waals surface area contributed by atoms with E-state index in [1.54, 1.807) is 0 Å². The molecule has 0 fully saturated rings. The smallest absolute Gasteiger partial charge is 0.462 e. The molecular weight excluding hydrogens is 1350 g/mol. The number of phosphoric ester groups is 2. The number of aliphatic hydroxyl groups is 1. The molecule has 0 amide bonds. The highest BCUT2D eigenvalue weighted by atomic mass is 31.2. The number of ether oxygens (including phenoxy) is 4. The maximum absolute atomic E-state index is 13.1. The largest absolute Gasteiger partial charge is 0.472 e. The Morgan fingerprint density at radius 3 is 0.856 bits per heavy atom. The Kier molecular flexibility index (Phi) is 72.9. The number of phosphoric acid groups is 2. The van der Waals surface area contributed by atoms with Crippen molar-refractivity contribution < 1.29 is 80.2 Å². The summed E-state index contributed by atoms with van der Waals surface area (Å²) in [5, 5.41) is 10.7. The van der Waals surface area contributed by atoms with Crippen LogP contribution in [0.5, 0.6) is 0 Å². The van der Waals surface area contributed by atoms with Crippen molar-refractivity contribution in [3.63, 3.8) is 0 Å². The van der Waals surface area contributed by atoms with Gasteiger partial charge in [-0.2, -0.15) is 0 Å². The van der Waals surface area contributed by atoms with Crippen molar-refractivity contribution in [1.82, 2.24) is 0 Å². The van der Waals surface area contributed by atoms with Gasteiger partial charge in [-0.1, -0.05) is 368 Å². The highest BCUT2D eigenvalue weighted by molar-refractivity contribution is 7.47. The third kappa shape index (κ3) is 76.3. The van der Waals surface area contributed by atoms with E-state index in [2.05, 4.69) is 72.8 Å². The molecular formula is C85H162O17P2. The predicted octanol–water partition coefficient (Wildman–Crippen LogP) is 25.3. The number of esters is 4.